The van der Waals surface area contributed by atoms with E-state index in [0.717, 1.165) is 0 Å². The second-order valence-electron chi connectivity index (χ2n) is 7.40. The van der Waals surface area contributed by atoms with Crippen molar-refractivity contribution >= 4 is 23.4 Å². The van der Waals surface area contributed by atoms with Gasteiger partial charge in [-0.15, -0.1) is 0 Å². The fourth-order valence-corrected chi connectivity index (χ4v) is 4.10. The molecular formula is C25H21ClO7. The van der Waals surface area contributed by atoms with Gasteiger partial charge in [-0.05, 0) is 54.1 Å². The Labute approximate surface area is 195 Å². The minimum absolute atomic E-state index is 0.0439. The highest BCUT2D eigenvalue weighted by Gasteiger charge is 2.34. The number of aromatic hydroxyl groups is 1. The predicted octanol–water partition coefficient (Wildman–Crippen LogP) is 4.74. The minimum Gasteiger partial charge on any atom is -0.507 e. The molecule has 8 heteroatoms. The van der Waals surface area contributed by atoms with Crippen LogP contribution in [0.1, 0.15) is 39.4 Å². The third kappa shape index (κ3) is 4.07. The van der Waals surface area contributed by atoms with Crippen molar-refractivity contribution in [3.8, 4) is 28.7 Å². The Hall–Kier alpha value is -3.71. The van der Waals surface area contributed by atoms with E-state index in [1.807, 2.05) is 0 Å². The van der Waals surface area contributed by atoms with E-state index in [2.05, 4.69) is 0 Å². The number of methoxy groups -OCH3 is 3. The van der Waals surface area contributed by atoms with Crippen LogP contribution in [0.25, 0.3) is 0 Å². The van der Waals surface area contributed by atoms with Crippen molar-refractivity contribution in [2.75, 3.05) is 21.3 Å². The number of ether oxygens (including phenoxy) is 4. The maximum atomic E-state index is 13.1. The molecule has 1 atom stereocenters. The molecule has 0 saturated heterocycles. The van der Waals surface area contributed by atoms with E-state index in [-0.39, 0.29) is 29.3 Å². The summed E-state index contributed by atoms with van der Waals surface area (Å²) in [6.45, 7) is 0. The molecule has 1 heterocycles. The molecule has 0 fully saturated rings. The van der Waals surface area contributed by atoms with Crippen LogP contribution in [0.5, 0.6) is 28.7 Å². The summed E-state index contributed by atoms with van der Waals surface area (Å²) in [6, 6.07) is 12.7. The third-order valence-electron chi connectivity index (χ3n) is 5.56. The van der Waals surface area contributed by atoms with Crippen molar-refractivity contribution in [1.29, 1.82) is 0 Å². The van der Waals surface area contributed by atoms with E-state index in [9.17, 15) is 14.7 Å². The number of hydrogen-bond acceptors (Lipinski definition) is 7. The Kier molecular flexibility index (Phi) is 6.16. The van der Waals surface area contributed by atoms with E-state index in [0.29, 0.717) is 39.0 Å². The molecule has 0 aromatic heterocycles. The smallest absolute Gasteiger partial charge is 0.312 e. The average molecular weight is 469 g/mol. The molecule has 0 radical (unpaired) electrons. The lowest BCUT2D eigenvalue weighted by Crippen LogP contribution is -2.22. The number of carbonyl (C=O) groups is 2. The molecule has 170 valence electrons. The molecular weight excluding hydrogens is 448 g/mol. The number of esters is 1. The monoisotopic (exact) mass is 468 g/mol. The van der Waals surface area contributed by atoms with E-state index in [1.165, 1.54) is 33.5 Å². The van der Waals surface area contributed by atoms with Gasteiger partial charge in [0.05, 0.1) is 33.3 Å². The van der Waals surface area contributed by atoms with Crippen LogP contribution in [0.4, 0.5) is 0 Å². The first kappa shape index (κ1) is 22.5. The summed E-state index contributed by atoms with van der Waals surface area (Å²) in [6.07, 6.45) is -0.0439. The highest BCUT2D eigenvalue weighted by Crippen LogP contribution is 2.48. The average Bonchev–Trinajstić information content (AvgIpc) is 2.82. The first-order chi connectivity index (χ1) is 15.9. The zero-order valence-corrected chi connectivity index (χ0v) is 18.9. The molecule has 1 aliphatic rings. The maximum Gasteiger partial charge on any atom is 0.312 e. The molecule has 7 nitrogen and oxygen atoms in total. The number of hydrogen-bond donors (Lipinski definition) is 1. The van der Waals surface area contributed by atoms with Crippen molar-refractivity contribution in [2.45, 2.75) is 12.3 Å². The molecule has 3 aromatic rings. The van der Waals surface area contributed by atoms with Crippen molar-refractivity contribution in [2.24, 2.45) is 0 Å². The van der Waals surface area contributed by atoms with E-state index in [4.69, 9.17) is 30.5 Å². The molecule has 0 spiro atoms. The molecule has 0 unspecified atom stereocenters. The normalized spacial score (nSPS) is 14.8. The summed E-state index contributed by atoms with van der Waals surface area (Å²) in [5.41, 5.74) is 1.43. The fourth-order valence-electron chi connectivity index (χ4n) is 3.98. The van der Waals surface area contributed by atoms with Crippen LogP contribution >= 0.6 is 11.6 Å². The van der Waals surface area contributed by atoms with E-state index < -0.39 is 11.9 Å². The highest BCUT2D eigenvalue weighted by molar-refractivity contribution is 6.30. The zero-order chi connectivity index (χ0) is 23.7. The quantitative estimate of drug-likeness (QED) is 0.317. The van der Waals surface area contributed by atoms with Gasteiger partial charge < -0.3 is 24.1 Å². The van der Waals surface area contributed by atoms with Gasteiger partial charge in [0.1, 0.15) is 11.5 Å². The molecule has 3 aromatic carbocycles. The Bertz CT molecular complexity index is 1210. The first-order valence-corrected chi connectivity index (χ1v) is 10.4. The van der Waals surface area contributed by atoms with Crippen molar-refractivity contribution in [3.63, 3.8) is 0 Å². The number of phenols is 1. The van der Waals surface area contributed by atoms with Gasteiger partial charge in [0.15, 0.2) is 17.3 Å². The summed E-state index contributed by atoms with van der Waals surface area (Å²) < 4.78 is 21.6. The van der Waals surface area contributed by atoms with Crippen LogP contribution in [0.15, 0.2) is 48.5 Å². The van der Waals surface area contributed by atoms with Gasteiger partial charge in [-0.2, -0.15) is 0 Å². The highest BCUT2D eigenvalue weighted by atomic mass is 35.5. The van der Waals surface area contributed by atoms with Crippen molar-refractivity contribution in [1.82, 2.24) is 0 Å². The van der Waals surface area contributed by atoms with E-state index >= 15 is 0 Å². The topological polar surface area (TPSA) is 91.3 Å². The molecule has 0 amide bonds. The number of halogens is 1. The minimum atomic E-state index is -0.604. The molecule has 1 N–H and O–H groups in total. The largest absolute Gasteiger partial charge is 0.507 e. The Balaban J connectivity index is 1.86. The molecule has 0 aliphatic carbocycles. The first-order valence-electron chi connectivity index (χ1n) is 10.0. The number of benzene rings is 3. The summed E-state index contributed by atoms with van der Waals surface area (Å²) >= 11 is 5.92. The number of rotatable bonds is 6. The molecule has 0 saturated carbocycles. The number of phenolic OH excluding ortho intramolecular Hbond substituents is 1. The number of ketones is 1. The summed E-state index contributed by atoms with van der Waals surface area (Å²) in [7, 11) is 4.48. The maximum absolute atomic E-state index is 13.1. The molecule has 1 aliphatic heterocycles. The Morgan fingerprint density at radius 3 is 2.21 bits per heavy atom. The number of fused-ring (bicyclic) bond motifs is 1. The molecule has 4 rings (SSSR count). The number of carbonyl (C=O) groups excluding carboxylic acids is 2. The van der Waals surface area contributed by atoms with Crippen LogP contribution in [0.3, 0.4) is 0 Å². The van der Waals surface area contributed by atoms with Crippen LogP contribution in [0, 0.1) is 0 Å². The fraction of sp³-hybridized carbons (Fsp3) is 0.200. The van der Waals surface area contributed by atoms with Gasteiger partial charge in [0, 0.05) is 22.1 Å². The Morgan fingerprint density at radius 2 is 1.64 bits per heavy atom. The van der Waals surface area contributed by atoms with Crippen LogP contribution < -0.4 is 18.9 Å². The van der Waals surface area contributed by atoms with Crippen LogP contribution in [-0.4, -0.2) is 38.2 Å². The van der Waals surface area contributed by atoms with Crippen LogP contribution in [-0.2, 0) is 4.79 Å². The lowest BCUT2D eigenvalue weighted by atomic mass is 9.83. The van der Waals surface area contributed by atoms with Crippen LogP contribution in [0.2, 0.25) is 5.02 Å². The second kappa shape index (κ2) is 9.03. The second-order valence-corrected chi connectivity index (χ2v) is 7.84. The van der Waals surface area contributed by atoms with Gasteiger partial charge in [-0.25, -0.2) is 0 Å². The lowest BCUT2D eigenvalue weighted by Gasteiger charge is -2.27. The molecule has 33 heavy (non-hydrogen) atoms. The van der Waals surface area contributed by atoms with E-state index in [1.54, 1.807) is 36.4 Å². The summed E-state index contributed by atoms with van der Waals surface area (Å²) in [5.74, 6) is -0.301. The zero-order valence-electron chi connectivity index (χ0n) is 18.2. The summed E-state index contributed by atoms with van der Waals surface area (Å²) in [4.78, 5) is 25.4. The van der Waals surface area contributed by atoms with Gasteiger partial charge >= 0.3 is 5.97 Å². The lowest BCUT2D eigenvalue weighted by molar-refractivity contribution is -0.135. The predicted molar refractivity (Wildman–Crippen MR) is 121 cm³/mol. The Morgan fingerprint density at radius 1 is 1.00 bits per heavy atom. The standard InChI is InChI=1S/C25H21ClO7/c1-30-19-10-14(11-20(31-2)25(19)32-3)17-12-21(27)33-18-9-8-16(24(29)22(17)18)23(28)13-4-6-15(26)7-5-13/h4-11,17,29H,12H2,1-3H3/t17-/m0/s1. The van der Waals surface area contributed by atoms with Crippen molar-refractivity contribution in [3.05, 3.63) is 75.8 Å². The molecule has 0 bridgehead atoms. The van der Waals surface area contributed by atoms with Crippen molar-refractivity contribution < 1.29 is 33.6 Å². The SMILES string of the molecule is COc1cc([C@@H]2CC(=O)Oc3ccc(C(=O)c4ccc(Cl)cc4)c(O)c32)cc(OC)c1OC. The summed E-state index contributed by atoms with van der Waals surface area (Å²) in [5, 5.41) is 11.7. The van der Waals surface area contributed by atoms with Gasteiger partial charge in [-0.1, -0.05) is 11.6 Å². The van der Waals surface area contributed by atoms with Gasteiger partial charge in [-0.3, -0.25) is 9.59 Å². The van der Waals surface area contributed by atoms with Gasteiger partial charge in [0.2, 0.25) is 5.75 Å². The van der Waals surface area contributed by atoms with Gasteiger partial charge in [0.25, 0.3) is 0 Å². The third-order valence-corrected chi connectivity index (χ3v) is 5.81.